The molecule has 0 unspecified atom stereocenters. The predicted molar refractivity (Wildman–Crippen MR) is 94.6 cm³/mol. The van der Waals surface area contributed by atoms with Gasteiger partial charge in [-0.1, -0.05) is 31.9 Å². The van der Waals surface area contributed by atoms with Crippen LogP contribution in [-0.4, -0.2) is 10.7 Å². The highest BCUT2D eigenvalue weighted by molar-refractivity contribution is 5.23. The molecule has 0 aliphatic heterocycles. The summed E-state index contributed by atoms with van der Waals surface area (Å²) >= 11 is 0. The third-order valence-corrected chi connectivity index (χ3v) is 8.64. The Balaban J connectivity index is 1.66. The van der Waals surface area contributed by atoms with E-state index in [1.54, 1.807) is 0 Å². The highest BCUT2D eigenvalue weighted by Gasteiger charge is 2.63. The number of rotatable bonds is 0. The summed E-state index contributed by atoms with van der Waals surface area (Å²) in [6, 6.07) is 0. The molecular formula is C22H32O. The Bertz CT molecular complexity index is 557. The van der Waals surface area contributed by atoms with E-state index < -0.39 is 5.60 Å². The van der Waals surface area contributed by atoms with Gasteiger partial charge >= 0.3 is 0 Å². The maximum absolute atomic E-state index is 11.1. The van der Waals surface area contributed by atoms with Crippen LogP contribution < -0.4 is 0 Å². The molecule has 0 spiro atoms. The second kappa shape index (κ2) is 5.13. The third kappa shape index (κ3) is 2.03. The third-order valence-electron chi connectivity index (χ3n) is 8.64. The Morgan fingerprint density at radius 2 is 2.00 bits per heavy atom. The molecule has 126 valence electrons. The van der Waals surface area contributed by atoms with Gasteiger partial charge in [0.1, 0.15) is 5.60 Å². The Labute approximate surface area is 141 Å². The van der Waals surface area contributed by atoms with Crippen LogP contribution in [0.15, 0.2) is 12.2 Å². The van der Waals surface area contributed by atoms with E-state index in [4.69, 9.17) is 6.42 Å². The first-order valence-corrected chi connectivity index (χ1v) is 9.76. The van der Waals surface area contributed by atoms with Gasteiger partial charge in [0, 0.05) is 5.41 Å². The predicted octanol–water partition coefficient (Wildman–Crippen LogP) is 4.81. The van der Waals surface area contributed by atoms with Crippen molar-refractivity contribution in [1.29, 1.82) is 0 Å². The Kier molecular flexibility index (Phi) is 3.51. The lowest BCUT2D eigenvalue weighted by molar-refractivity contribution is -0.119. The Morgan fingerprint density at radius 3 is 2.74 bits per heavy atom. The first-order chi connectivity index (χ1) is 10.9. The number of terminal acetylenes is 1. The highest BCUT2D eigenvalue weighted by atomic mass is 16.3. The van der Waals surface area contributed by atoms with Crippen LogP contribution in [0.3, 0.4) is 0 Å². The largest absolute Gasteiger partial charge is 0.377 e. The summed E-state index contributed by atoms with van der Waals surface area (Å²) in [6.45, 7) is 9.04. The zero-order valence-corrected chi connectivity index (χ0v) is 14.9. The molecule has 0 bridgehead atoms. The fourth-order valence-electron chi connectivity index (χ4n) is 7.48. The fourth-order valence-corrected chi connectivity index (χ4v) is 7.48. The molecule has 1 N–H and O–H groups in total. The van der Waals surface area contributed by atoms with E-state index in [0.717, 1.165) is 48.9 Å². The van der Waals surface area contributed by atoms with Gasteiger partial charge in [0.05, 0.1) is 0 Å². The smallest absolute Gasteiger partial charge is 0.130 e. The monoisotopic (exact) mass is 312 g/mol. The van der Waals surface area contributed by atoms with Gasteiger partial charge in [-0.3, -0.25) is 0 Å². The molecule has 4 saturated carbocycles. The zero-order valence-electron chi connectivity index (χ0n) is 14.9. The van der Waals surface area contributed by atoms with Gasteiger partial charge in [-0.15, -0.1) is 6.42 Å². The zero-order chi connectivity index (χ0) is 16.4. The van der Waals surface area contributed by atoms with Crippen molar-refractivity contribution in [3.05, 3.63) is 12.2 Å². The van der Waals surface area contributed by atoms with Crippen LogP contribution in [0.4, 0.5) is 0 Å². The van der Waals surface area contributed by atoms with Gasteiger partial charge in [-0.05, 0) is 86.9 Å². The molecule has 4 aliphatic carbocycles. The Hall–Kier alpha value is -0.740. The first kappa shape index (κ1) is 15.8. The molecule has 4 fully saturated rings. The van der Waals surface area contributed by atoms with Crippen molar-refractivity contribution in [2.24, 2.45) is 40.9 Å². The first-order valence-electron chi connectivity index (χ1n) is 9.76. The molecule has 0 aromatic rings. The van der Waals surface area contributed by atoms with Crippen molar-refractivity contribution in [3.8, 4) is 12.3 Å². The maximum atomic E-state index is 11.1. The number of hydrogen-bond donors (Lipinski definition) is 1. The minimum Gasteiger partial charge on any atom is -0.377 e. The molecule has 4 aliphatic rings. The topological polar surface area (TPSA) is 20.2 Å². The van der Waals surface area contributed by atoms with Gasteiger partial charge in [0.15, 0.2) is 0 Å². The molecule has 1 nitrogen and oxygen atoms in total. The molecule has 0 aromatic heterocycles. The molecule has 0 heterocycles. The van der Waals surface area contributed by atoms with Crippen molar-refractivity contribution in [2.45, 2.75) is 70.8 Å². The average Bonchev–Trinajstić information content (AvgIpc) is 2.79. The van der Waals surface area contributed by atoms with Crippen molar-refractivity contribution in [1.82, 2.24) is 0 Å². The summed E-state index contributed by atoms with van der Waals surface area (Å²) in [5, 5.41) is 11.1. The lowest BCUT2D eigenvalue weighted by Crippen LogP contribution is -2.55. The minimum atomic E-state index is -0.861. The summed E-state index contributed by atoms with van der Waals surface area (Å²) in [6.07, 6.45) is 15.4. The van der Waals surface area contributed by atoms with Crippen LogP contribution in [-0.2, 0) is 0 Å². The number of aliphatic hydroxyl groups is 1. The van der Waals surface area contributed by atoms with Crippen LogP contribution in [0, 0.1) is 53.3 Å². The standard InChI is InChI=1S/C22H32O/c1-5-22(23)11-9-19-20-15(3)13-16-12-14(2)6-7-17(16)18(20)8-10-21(19,22)4/h1,15-20,23H,2,6-13H2,3-4H3/t15-,16-,17+,18-,19+,20-,21+,22+/m1/s1. The van der Waals surface area contributed by atoms with Gasteiger partial charge in [-0.2, -0.15) is 0 Å². The summed E-state index contributed by atoms with van der Waals surface area (Å²) in [4.78, 5) is 0. The lowest BCUT2D eigenvalue weighted by Gasteiger charge is -2.58. The summed E-state index contributed by atoms with van der Waals surface area (Å²) in [5.74, 6) is 7.64. The molecule has 4 rings (SSSR count). The van der Waals surface area contributed by atoms with Gasteiger partial charge in [0.2, 0.25) is 0 Å². The lowest BCUT2D eigenvalue weighted by atomic mass is 9.47. The van der Waals surface area contributed by atoms with Gasteiger partial charge in [0.25, 0.3) is 0 Å². The van der Waals surface area contributed by atoms with Crippen molar-refractivity contribution < 1.29 is 5.11 Å². The fraction of sp³-hybridized carbons (Fsp3) is 0.818. The molecule has 8 atom stereocenters. The number of hydrogen-bond acceptors (Lipinski definition) is 1. The highest BCUT2D eigenvalue weighted by Crippen LogP contribution is 2.66. The van der Waals surface area contributed by atoms with Crippen LogP contribution in [0.5, 0.6) is 0 Å². The molecule has 0 amide bonds. The van der Waals surface area contributed by atoms with E-state index in [-0.39, 0.29) is 5.41 Å². The molecular weight excluding hydrogens is 280 g/mol. The molecule has 0 aromatic carbocycles. The maximum Gasteiger partial charge on any atom is 0.130 e. The van der Waals surface area contributed by atoms with E-state index in [2.05, 4.69) is 26.3 Å². The van der Waals surface area contributed by atoms with E-state index in [9.17, 15) is 5.11 Å². The molecule has 23 heavy (non-hydrogen) atoms. The van der Waals surface area contributed by atoms with Crippen molar-refractivity contribution in [2.75, 3.05) is 0 Å². The van der Waals surface area contributed by atoms with E-state index in [0.29, 0.717) is 5.92 Å². The summed E-state index contributed by atoms with van der Waals surface area (Å²) in [5.41, 5.74) is 0.572. The van der Waals surface area contributed by atoms with E-state index in [1.807, 2.05) is 0 Å². The van der Waals surface area contributed by atoms with Gasteiger partial charge in [-0.25, -0.2) is 0 Å². The van der Waals surface area contributed by atoms with Crippen LogP contribution in [0.1, 0.15) is 65.2 Å². The second-order valence-electron chi connectivity index (χ2n) is 9.48. The summed E-state index contributed by atoms with van der Waals surface area (Å²) < 4.78 is 0. The SMILES string of the molecule is C#C[C@]1(O)CC[C@H]2[C@H]3[C@H](CC[C@@]21C)[C@H]1CCC(=C)C[C@@H]1C[C@H]3C. The second-order valence-corrected chi connectivity index (χ2v) is 9.48. The van der Waals surface area contributed by atoms with Crippen LogP contribution in [0.25, 0.3) is 0 Å². The van der Waals surface area contributed by atoms with Crippen molar-refractivity contribution >= 4 is 0 Å². The molecule has 0 saturated heterocycles. The van der Waals surface area contributed by atoms with Crippen LogP contribution >= 0.6 is 0 Å². The average molecular weight is 312 g/mol. The number of fused-ring (bicyclic) bond motifs is 5. The van der Waals surface area contributed by atoms with Gasteiger partial charge < -0.3 is 5.11 Å². The molecule has 1 heteroatoms. The summed E-state index contributed by atoms with van der Waals surface area (Å²) in [7, 11) is 0. The molecule has 0 radical (unpaired) electrons. The quantitative estimate of drug-likeness (QED) is 0.503. The number of allylic oxidation sites excluding steroid dienone is 1. The Morgan fingerprint density at radius 1 is 1.22 bits per heavy atom. The minimum absolute atomic E-state index is 0.0533. The van der Waals surface area contributed by atoms with Crippen LogP contribution in [0.2, 0.25) is 0 Å². The van der Waals surface area contributed by atoms with Crippen molar-refractivity contribution in [3.63, 3.8) is 0 Å². The normalized spacial score (nSPS) is 55.5. The van der Waals surface area contributed by atoms with E-state index in [1.165, 1.54) is 37.7 Å². The van der Waals surface area contributed by atoms with E-state index >= 15 is 0 Å².